The highest BCUT2D eigenvalue weighted by Gasteiger charge is 2.19. The number of hydrogen-bond donors (Lipinski definition) is 2. The Kier molecular flexibility index (Phi) is 9.03. The molecule has 0 aromatic carbocycles. The molecule has 0 saturated carbocycles. The van der Waals surface area contributed by atoms with Gasteiger partial charge in [-0.2, -0.15) is 0 Å². The molecule has 2 unspecified atom stereocenters. The minimum Gasteiger partial charge on any atom is -0.474 e. The first-order chi connectivity index (χ1) is 11.1. The van der Waals surface area contributed by atoms with Gasteiger partial charge in [-0.15, -0.1) is 12.4 Å². The van der Waals surface area contributed by atoms with Crippen molar-refractivity contribution in [2.24, 2.45) is 11.7 Å². The monoisotopic (exact) mass is 357 g/mol. The van der Waals surface area contributed by atoms with E-state index in [1.807, 2.05) is 26.0 Å². The molecule has 1 aromatic heterocycles. The minimum atomic E-state index is -0.472. The molecule has 2 atom stereocenters. The number of nitrogens with two attached hydrogens (primary N) is 1. The summed E-state index contributed by atoms with van der Waals surface area (Å²) in [6, 6.07) is 3.26. The lowest BCUT2D eigenvalue weighted by atomic mass is 9.99. The molecule has 7 heteroatoms. The number of nitrogens with zero attached hydrogens (tertiary/aromatic N) is 1. The Morgan fingerprint density at radius 3 is 2.88 bits per heavy atom. The second kappa shape index (κ2) is 10.5. The molecule has 3 N–H and O–H groups in total. The molecule has 0 radical (unpaired) electrons. The van der Waals surface area contributed by atoms with E-state index in [1.165, 1.54) is 0 Å². The highest BCUT2D eigenvalue weighted by molar-refractivity contribution is 5.85. The SMILES string of the molecule is CCC(C)C(N)C(=O)NCc1ccnc(OC2CCOCC2)c1.Cl. The van der Waals surface area contributed by atoms with Crippen molar-refractivity contribution in [2.45, 2.75) is 51.8 Å². The molecule has 0 aliphatic carbocycles. The lowest BCUT2D eigenvalue weighted by molar-refractivity contribution is -0.123. The number of nitrogens with one attached hydrogen (secondary N) is 1. The van der Waals surface area contributed by atoms with Crippen molar-refractivity contribution in [3.05, 3.63) is 23.9 Å². The average molecular weight is 358 g/mol. The van der Waals surface area contributed by atoms with Gasteiger partial charge in [0.25, 0.3) is 0 Å². The highest BCUT2D eigenvalue weighted by Crippen LogP contribution is 2.16. The summed E-state index contributed by atoms with van der Waals surface area (Å²) in [7, 11) is 0. The normalized spacial score (nSPS) is 17.5. The van der Waals surface area contributed by atoms with Crippen LogP contribution in [-0.2, 0) is 16.1 Å². The van der Waals surface area contributed by atoms with Crippen LogP contribution in [0.1, 0.15) is 38.7 Å². The van der Waals surface area contributed by atoms with Crippen molar-refractivity contribution in [1.82, 2.24) is 10.3 Å². The smallest absolute Gasteiger partial charge is 0.237 e. The number of rotatable bonds is 7. The van der Waals surface area contributed by atoms with Crippen LogP contribution in [0.3, 0.4) is 0 Å². The zero-order chi connectivity index (χ0) is 16.7. The summed E-state index contributed by atoms with van der Waals surface area (Å²) in [6.07, 6.45) is 4.50. The maximum absolute atomic E-state index is 12.0. The van der Waals surface area contributed by atoms with Gasteiger partial charge < -0.3 is 20.5 Å². The molecular weight excluding hydrogens is 330 g/mol. The van der Waals surface area contributed by atoms with E-state index in [9.17, 15) is 4.79 Å². The first-order valence-electron chi connectivity index (χ1n) is 8.32. The predicted octanol–water partition coefficient (Wildman–Crippen LogP) is 2.05. The van der Waals surface area contributed by atoms with Crippen LogP contribution in [0.15, 0.2) is 18.3 Å². The number of pyridine rings is 1. The summed E-state index contributed by atoms with van der Waals surface area (Å²) in [5.41, 5.74) is 6.88. The van der Waals surface area contributed by atoms with Gasteiger partial charge in [0.15, 0.2) is 0 Å². The summed E-state index contributed by atoms with van der Waals surface area (Å²) in [6.45, 7) is 5.90. The Hall–Kier alpha value is -1.37. The van der Waals surface area contributed by atoms with E-state index in [0.717, 1.165) is 38.0 Å². The van der Waals surface area contributed by atoms with Gasteiger partial charge in [0, 0.05) is 31.6 Å². The van der Waals surface area contributed by atoms with E-state index in [1.54, 1.807) is 6.20 Å². The van der Waals surface area contributed by atoms with E-state index >= 15 is 0 Å². The quantitative estimate of drug-likeness (QED) is 0.780. The lowest BCUT2D eigenvalue weighted by Gasteiger charge is -2.23. The maximum Gasteiger partial charge on any atom is 0.237 e. The van der Waals surface area contributed by atoms with Gasteiger partial charge in [0.1, 0.15) is 6.10 Å². The van der Waals surface area contributed by atoms with E-state index in [0.29, 0.717) is 12.4 Å². The van der Waals surface area contributed by atoms with Crippen LogP contribution in [-0.4, -0.2) is 36.3 Å². The second-order valence-corrected chi connectivity index (χ2v) is 6.06. The van der Waals surface area contributed by atoms with Crippen molar-refractivity contribution in [3.8, 4) is 5.88 Å². The Morgan fingerprint density at radius 2 is 2.21 bits per heavy atom. The van der Waals surface area contributed by atoms with Gasteiger partial charge >= 0.3 is 0 Å². The van der Waals surface area contributed by atoms with E-state index < -0.39 is 6.04 Å². The highest BCUT2D eigenvalue weighted by atomic mass is 35.5. The number of aromatic nitrogens is 1. The van der Waals surface area contributed by atoms with Crippen molar-refractivity contribution >= 4 is 18.3 Å². The number of hydrogen-bond acceptors (Lipinski definition) is 5. The van der Waals surface area contributed by atoms with Crippen molar-refractivity contribution in [1.29, 1.82) is 0 Å². The first kappa shape index (κ1) is 20.7. The largest absolute Gasteiger partial charge is 0.474 e. The van der Waals surface area contributed by atoms with Gasteiger partial charge in [0.05, 0.1) is 19.3 Å². The number of halogens is 1. The molecule has 136 valence electrons. The molecule has 1 amide bonds. The molecule has 1 aliphatic heterocycles. The zero-order valence-corrected chi connectivity index (χ0v) is 15.2. The molecule has 2 heterocycles. The molecule has 1 fully saturated rings. The zero-order valence-electron chi connectivity index (χ0n) is 14.4. The average Bonchev–Trinajstić information content (AvgIpc) is 2.59. The van der Waals surface area contributed by atoms with Crippen molar-refractivity contribution in [2.75, 3.05) is 13.2 Å². The summed E-state index contributed by atoms with van der Waals surface area (Å²) in [5, 5.41) is 2.88. The van der Waals surface area contributed by atoms with Crippen LogP contribution in [0.25, 0.3) is 0 Å². The Bertz CT molecular complexity index is 510. The van der Waals surface area contributed by atoms with Crippen LogP contribution in [0.5, 0.6) is 5.88 Å². The maximum atomic E-state index is 12.0. The third-order valence-electron chi connectivity index (χ3n) is 4.28. The molecule has 0 bridgehead atoms. The number of carbonyl (C=O) groups is 1. The first-order valence-corrected chi connectivity index (χ1v) is 8.32. The van der Waals surface area contributed by atoms with Crippen LogP contribution < -0.4 is 15.8 Å². The minimum absolute atomic E-state index is 0. The topological polar surface area (TPSA) is 86.5 Å². The predicted molar refractivity (Wildman–Crippen MR) is 95.2 cm³/mol. The summed E-state index contributed by atoms with van der Waals surface area (Å²) >= 11 is 0. The van der Waals surface area contributed by atoms with Crippen LogP contribution in [0.2, 0.25) is 0 Å². The Labute approximate surface area is 149 Å². The van der Waals surface area contributed by atoms with E-state index in [2.05, 4.69) is 10.3 Å². The third-order valence-corrected chi connectivity index (χ3v) is 4.28. The van der Waals surface area contributed by atoms with E-state index in [-0.39, 0.29) is 30.3 Å². The second-order valence-electron chi connectivity index (χ2n) is 6.06. The summed E-state index contributed by atoms with van der Waals surface area (Å²) in [4.78, 5) is 16.3. The fraction of sp³-hybridized carbons (Fsp3) is 0.647. The lowest BCUT2D eigenvalue weighted by Crippen LogP contribution is -2.44. The van der Waals surface area contributed by atoms with Crippen LogP contribution >= 0.6 is 12.4 Å². The Balaban J connectivity index is 0.00000288. The van der Waals surface area contributed by atoms with Gasteiger partial charge in [-0.05, 0) is 17.5 Å². The van der Waals surface area contributed by atoms with Gasteiger partial charge in [0.2, 0.25) is 11.8 Å². The summed E-state index contributed by atoms with van der Waals surface area (Å²) < 4.78 is 11.2. The molecule has 1 saturated heterocycles. The van der Waals surface area contributed by atoms with Gasteiger partial charge in [-0.1, -0.05) is 20.3 Å². The van der Waals surface area contributed by atoms with Gasteiger partial charge in [-0.25, -0.2) is 4.98 Å². The standard InChI is InChI=1S/C17H27N3O3.ClH/c1-3-12(2)16(18)17(21)20-11-13-4-7-19-15(10-13)23-14-5-8-22-9-6-14;/h4,7,10,12,14,16H,3,5-6,8-9,11,18H2,1-2H3,(H,20,21);1H. The molecule has 6 nitrogen and oxygen atoms in total. The molecule has 2 rings (SSSR count). The van der Waals surface area contributed by atoms with Crippen molar-refractivity contribution in [3.63, 3.8) is 0 Å². The summed E-state index contributed by atoms with van der Waals surface area (Å²) in [5.74, 6) is 0.637. The fourth-order valence-electron chi connectivity index (χ4n) is 2.41. The molecule has 1 aliphatic rings. The van der Waals surface area contributed by atoms with Crippen molar-refractivity contribution < 1.29 is 14.3 Å². The Morgan fingerprint density at radius 1 is 1.50 bits per heavy atom. The fourth-order valence-corrected chi connectivity index (χ4v) is 2.41. The molecule has 24 heavy (non-hydrogen) atoms. The molecule has 0 spiro atoms. The van der Waals surface area contributed by atoms with Crippen LogP contribution in [0, 0.1) is 5.92 Å². The third kappa shape index (κ3) is 6.26. The molecule has 1 aromatic rings. The number of amides is 1. The molecular formula is C17H28ClN3O3. The number of carbonyl (C=O) groups excluding carboxylic acids is 1. The van der Waals surface area contributed by atoms with Gasteiger partial charge in [-0.3, -0.25) is 4.79 Å². The van der Waals surface area contributed by atoms with Crippen LogP contribution in [0.4, 0.5) is 0 Å². The van der Waals surface area contributed by atoms with E-state index in [4.69, 9.17) is 15.2 Å². The number of ether oxygens (including phenoxy) is 2.